The lowest BCUT2D eigenvalue weighted by atomic mass is 9.83. The largest absolute Gasteiger partial charge is 0.373 e. The minimum absolute atomic E-state index is 0.307. The predicted octanol–water partition coefficient (Wildman–Crippen LogP) is 2.34. The molecule has 0 aromatic carbocycles. The zero-order chi connectivity index (χ0) is 13.0. The first-order valence-electron chi connectivity index (χ1n) is 6.73. The van der Waals surface area contributed by atoms with E-state index in [1.807, 2.05) is 13.1 Å². The second kappa shape index (κ2) is 5.89. The third-order valence-corrected chi connectivity index (χ3v) is 3.71. The molecule has 100 valence electrons. The second-order valence-corrected chi connectivity index (χ2v) is 5.25. The molecule has 0 atom stereocenters. The lowest BCUT2D eigenvalue weighted by Gasteiger charge is -2.26. The highest BCUT2D eigenvalue weighted by Gasteiger charge is 2.18. The van der Waals surface area contributed by atoms with Gasteiger partial charge in [0.05, 0.1) is 0 Å². The molecule has 1 heterocycles. The third kappa shape index (κ3) is 3.48. The molecular formula is C13H23N5. The number of aromatic nitrogens is 2. The SMILES string of the molecule is CNc1cc(NCC2CCC(C)CC2)nc(N)n1. The van der Waals surface area contributed by atoms with Crippen molar-refractivity contribution in [1.29, 1.82) is 0 Å². The summed E-state index contributed by atoms with van der Waals surface area (Å²) < 4.78 is 0. The monoisotopic (exact) mass is 249 g/mol. The molecule has 0 amide bonds. The molecule has 5 nitrogen and oxygen atoms in total. The molecule has 4 N–H and O–H groups in total. The van der Waals surface area contributed by atoms with E-state index in [1.54, 1.807) is 0 Å². The second-order valence-electron chi connectivity index (χ2n) is 5.25. The molecule has 1 aliphatic carbocycles. The van der Waals surface area contributed by atoms with Crippen LogP contribution in [0.2, 0.25) is 0 Å². The molecular weight excluding hydrogens is 226 g/mol. The molecule has 0 spiro atoms. The first-order chi connectivity index (χ1) is 8.67. The Morgan fingerprint density at radius 3 is 2.56 bits per heavy atom. The minimum Gasteiger partial charge on any atom is -0.373 e. The molecule has 5 heteroatoms. The molecule has 0 bridgehead atoms. The summed E-state index contributed by atoms with van der Waals surface area (Å²) in [4.78, 5) is 8.27. The first kappa shape index (κ1) is 12.9. The Labute approximate surface area is 109 Å². The van der Waals surface area contributed by atoms with Crippen molar-refractivity contribution >= 4 is 17.6 Å². The number of nitrogen functional groups attached to an aromatic ring is 1. The van der Waals surface area contributed by atoms with Gasteiger partial charge in [0.15, 0.2) is 0 Å². The van der Waals surface area contributed by atoms with Crippen molar-refractivity contribution < 1.29 is 0 Å². The van der Waals surface area contributed by atoms with Gasteiger partial charge in [-0.05, 0) is 24.7 Å². The van der Waals surface area contributed by atoms with E-state index >= 15 is 0 Å². The molecule has 0 aliphatic heterocycles. The van der Waals surface area contributed by atoms with Gasteiger partial charge in [-0.25, -0.2) is 0 Å². The normalized spacial score (nSPS) is 23.7. The van der Waals surface area contributed by atoms with Gasteiger partial charge in [0.2, 0.25) is 5.95 Å². The molecule has 1 fully saturated rings. The van der Waals surface area contributed by atoms with Crippen molar-refractivity contribution in [3.05, 3.63) is 6.07 Å². The van der Waals surface area contributed by atoms with Gasteiger partial charge in [-0.15, -0.1) is 0 Å². The van der Waals surface area contributed by atoms with Gasteiger partial charge in [-0.2, -0.15) is 9.97 Å². The summed E-state index contributed by atoms with van der Waals surface area (Å²) in [6.07, 6.45) is 5.32. The van der Waals surface area contributed by atoms with Crippen molar-refractivity contribution in [1.82, 2.24) is 9.97 Å². The molecule has 0 unspecified atom stereocenters. The molecule has 0 radical (unpaired) electrons. The van der Waals surface area contributed by atoms with E-state index in [0.29, 0.717) is 5.95 Å². The maximum absolute atomic E-state index is 5.66. The fourth-order valence-electron chi connectivity index (χ4n) is 2.47. The van der Waals surface area contributed by atoms with Gasteiger partial charge in [0, 0.05) is 19.7 Å². The molecule has 1 saturated carbocycles. The van der Waals surface area contributed by atoms with E-state index in [1.165, 1.54) is 25.7 Å². The van der Waals surface area contributed by atoms with Crippen LogP contribution < -0.4 is 16.4 Å². The molecule has 18 heavy (non-hydrogen) atoms. The van der Waals surface area contributed by atoms with E-state index in [9.17, 15) is 0 Å². The van der Waals surface area contributed by atoms with Crippen LogP contribution in [-0.4, -0.2) is 23.6 Å². The van der Waals surface area contributed by atoms with E-state index in [-0.39, 0.29) is 0 Å². The third-order valence-electron chi connectivity index (χ3n) is 3.71. The quantitative estimate of drug-likeness (QED) is 0.763. The average Bonchev–Trinajstić information content (AvgIpc) is 2.37. The van der Waals surface area contributed by atoms with E-state index in [2.05, 4.69) is 27.5 Å². The van der Waals surface area contributed by atoms with Crippen LogP contribution in [0.4, 0.5) is 17.6 Å². The number of anilines is 3. The highest BCUT2D eigenvalue weighted by molar-refractivity contribution is 5.50. The van der Waals surface area contributed by atoms with Crippen LogP contribution in [0.25, 0.3) is 0 Å². The smallest absolute Gasteiger partial charge is 0.223 e. The molecule has 1 aliphatic rings. The van der Waals surface area contributed by atoms with E-state index in [4.69, 9.17) is 5.73 Å². The first-order valence-corrected chi connectivity index (χ1v) is 6.73. The maximum atomic E-state index is 5.66. The molecule has 1 aromatic rings. The summed E-state index contributed by atoms with van der Waals surface area (Å²) in [7, 11) is 1.83. The van der Waals surface area contributed by atoms with Crippen LogP contribution in [0, 0.1) is 11.8 Å². The Kier molecular flexibility index (Phi) is 4.23. The summed E-state index contributed by atoms with van der Waals surface area (Å²) in [5.74, 6) is 3.52. The van der Waals surface area contributed by atoms with Crippen LogP contribution in [0.1, 0.15) is 32.6 Å². The van der Waals surface area contributed by atoms with Gasteiger partial charge >= 0.3 is 0 Å². The number of nitrogens with one attached hydrogen (secondary N) is 2. The Balaban J connectivity index is 1.88. The zero-order valence-corrected chi connectivity index (χ0v) is 11.2. The summed E-state index contributed by atoms with van der Waals surface area (Å²) in [6.45, 7) is 3.32. The summed E-state index contributed by atoms with van der Waals surface area (Å²) in [5.41, 5.74) is 5.66. The van der Waals surface area contributed by atoms with Crippen LogP contribution in [-0.2, 0) is 0 Å². The number of hydrogen-bond donors (Lipinski definition) is 3. The van der Waals surface area contributed by atoms with Crippen molar-refractivity contribution in [2.75, 3.05) is 30.0 Å². The van der Waals surface area contributed by atoms with Crippen LogP contribution in [0.15, 0.2) is 6.07 Å². The summed E-state index contributed by atoms with van der Waals surface area (Å²) in [6, 6.07) is 1.89. The number of rotatable bonds is 4. The number of hydrogen-bond acceptors (Lipinski definition) is 5. The molecule has 1 aromatic heterocycles. The van der Waals surface area contributed by atoms with E-state index < -0.39 is 0 Å². The Morgan fingerprint density at radius 1 is 1.22 bits per heavy atom. The summed E-state index contributed by atoms with van der Waals surface area (Å²) in [5, 5.41) is 6.35. The van der Waals surface area contributed by atoms with Crippen LogP contribution >= 0.6 is 0 Å². The van der Waals surface area contributed by atoms with Crippen molar-refractivity contribution in [3.63, 3.8) is 0 Å². The Morgan fingerprint density at radius 2 is 1.89 bits per heavy atom. The lowest BCUT2D eigenvalue weighted by Crippen LogP contribution is -2.20. The number of nitrogens with zero attached hydrogens (tertiary/aromatic N) is 2. The van der Waals surface area contributed by atoms with Gasteiger partial charge in [0.25, 0.3) is 0 Å². The topological polar surface area (TPSA) is 75.9 Å². The van der Waals surface area contributed by atoms with Gasteiger partial charge in [-0.1, -0.05) is 19.8 Å². The molecule has 0 saturated heterocycles. The number of nitrogens with two attached hydrogens (primary N) is 1. The Bertz CT molecular complexity index is 385. The molecule has 2 rings (SSSR count). The highest BCUT2D eigenvalue weighted by atomic mass is 15.1. The van der Waals surface area contributed by atoms with Gasteiger partial charge in [0.1, 0.15) is 11.6 Å². The van der Waals surface area contributed by atoms with Crippen LogP contribution in [0.3, 0.4) is 0 Å². The summed E-state index contributed by atoms with van der Waals surface area (Å²) >= 11 is 0. The maximum Gasteiger partial charge on any atom is 0.223 e. The highest BCUT2D eigenvalue weighted by Crippen LogP contribution is 2.28. The zero-order valence-electron chi connectivity index (χ0n) is 11.2. The van der Waals surface area contributed by atoms with Crippen LogP contribution in [0.5, 0.6) is 0 Å². The minimum atomic E-state index is 0.307. The predicted molar refractivity (Wildman–Crippen MR) is 75.6 cm³/mol. The standard InChI is InChI=1S/C13H23N5/c1-9-3-5-10(6-4-9)8-16-12-7-11(15-2)17-13(14)18-12/h7,9-10H,3-6,8H2,1-2H3,(H4,14,15,16,17,18). The Hall–Kier alpha value is -1.52. The van der Waals surface area contributed by atoms with Crippen molar-refractivity contribution in [2.24, 2.45) is 11.8 Å². The fourth-order valence-corrected chi connectivity index (χ4v) is 2.47. The van der Waals surface area contributed by atoms with Crippen molar-refractivity contribution in [3.8, 4) is 0 Å². The van der Waals surface area contributed by atoms with Crippen molar-refractivity contribution in [2.45, 2.75) is 32.6 Å². The fraction of sp³-hybridized carbons (Fsp3) is 0.692. The van der Waals surface area contributed by atoms with Gasteiger partial charge < -0.3 is 16.4 Å². The lowest BCUT2D eigenvalue weighted by molar-refractivity contribution is 0.300. The van der Waals surface area contributed by atoms with Gasteiger partial charge in [-0.3, -0.25) is 0 Å². The van der Waals surface area contributed by atoms with E-state index in [0.717, 1.165) is 30.0 Å². The average molecular weight is 249 g/mol.